The van der Waals surface area contributed by atoms with E-state index in [4.69, 9.17) is 4.98 Å². The van der Waals surface area contributed by atoms with Crippen LogP contribution < -0.4 is 0 Å². The SMILES string of the molecule is c1ccc(-n2c3ccccc3c3cc4cc5c(cc4cc32)c2ccccc2n5-c2ccc(-c3ccccn3)nc2)cc1. The Bertz CT molecular complexity index is 2430. The number of pyridine rings is 2. The molecule has 4 aromatic heterocycles. The molecule has 9 aromatic rings. The summed E-state index contributed by atoms with van der Waals surface area (Å²) in [6.45, 7) is 0. The monoisotopic (exact) mass is 536 g/mol. The van der Waals surface area contributed by atoms with Gasteiger partial charge in [0, 0.05) is 33.4 Å². The molecule has 42 heavy (non-hydrogen) atoms. The number of fused-ring (bicyclic) bond motifs is 7. The molecule has 5 aromatic carbocycles. The summed E-state index contributed by atoms with van der Waals surface area (Å²) in [5.41, 5.74) is 8.70. The first kappa shape index (κ1) is 23.0. The predicted octanol–water partition coefficient (Wildman–Crippen LogP) is 9.49. The van der Waals surface area contributed by atoms with Gasteiger partial charge >= 0.3 is 0 Å². The Morgan fingerprint density at radius 2 is 0.952 bits per heavy atom. The van der Waals surface area contributed by atoms with Gasteiger partial charge in [-0.15, -0.1) is 0 Å². The minimum Gasteiger partial charge on any atom is -0.309 e. The lowest BCUT2D eigenvalue weighted by Crippen LogP contribution is -1.96. The van der Waals surface area contributed by atoms with E-state index >= 15 is 0 Å². The van der Waals surface area contributed by atoms with E-state index in [-0.39, 0.29) is 0 Å². The summed E-state index contributed by atoms with van der Waals surface area (Å²) in [5.74, 6) is 0. The molecule has 4 nitrogen and oxygen atoms in total. The van der Waals surface area contributed by atoms with Gasteiger partial charge in [-0.3, -0.25) is 9.97 Å². The predicted molar refractivity (Wildman–Crippen MR) is 174 cm³/mol. The van der Waals surface area contributed by atoms with Gasteiger partial charge in [0.05, 0.1) is 45.3 Å². The van der Waals surface area contributed by atoms with Gasteiger partial charge < -0.3 is 9.13 Å². The second-order valence-electron chi connectivity index (χ2n) is 10.7. The zero-order chi connectivity index (χ0) is 27.6. The van der Waals surface area contributed by atoms with Gasteiger partial charge in [0.1, 0.15) is 0 Å². The van der Waals surface area contributed by atoms with Crippen LogP contribution in [-0.2, 0) is 0 Å². The van der Waals surface area contributed by atoms with Crippen LogP contribution in [0, 0.1) is 0 Å². The van der Waals surface area contributed by atoms with Crippen LogP contribution >= 0.6 is 0 Å². The fourth-order valence-corrected chi connectivity index (χ4v) is 6.50. The average Bonchev–Trinajstić information content (AvgIpc) is 3.55. The zero-order valence-corrected chi connectivity index (χ0v) is 22.6. The summed E-state index contributed by atoms with van der Waals surface area (Å²) < 4.78 is 4.71. The van der Waals surface area contributed by atoms with Crippen molar-refractivity contribution in [3.05, 3.63) is 146 Å². The molecular weight excluding hydrogens is 512 g/mol. The molecule has 0 bridgehead atoms. The Labute approximate surface area is 241 Å². The van der Waals surface area contributed by atoms with Crippen LogP contribution in [-0.4, -0.2) is 19.1 Å². The van der Waals surface area contributed by atoms with E-state index in [1.54, 1.807) is 6.20 Å². The van der Waals surface area contributed by atoms with Crippen LogP contribution in [0.4, 0.5) is 0 Å². The van der Waals surface area contributed by atoms with E-state index < -0.39 is 0 Å². The molecule has 0 aliphatic rings. The summed E-state index contributed by atoms with van der Waals surface area (Å²) in [4.78, 5) is 9.27. The fourth-order valence-electron chi connectivity index (χ4n) is 6.50. The third kappa shape index (κ3) is 3.36. The second-order valence-corrected chi connectivity index (χ2v) is 10.7. The molecular formula is C38H24N4. The Balaban J connectivity index is 1.32. The Morgan fingerprint density at radius 3 is 1.55 bits per heavy atom. The quantitative estimate of drug-likeness (QED) is 0.225. The molecule has 9 rings (SSSR count). The summed E-state index contributed by atoms with van der Waals surface area (Å²) in [6.07, 6.45) is 3.76. The van der Waals surface area contributed by atoms with E-state index in [2.05, 4.69) is 129 Å². The highest BCUT2D eigenvalue weighted by Gasteiger charge is 2.17. The molecule has 0 spiro atoms. The largest absolute Gasteiger partial charge is 0.309 e. The number of hydrogen-bond donors (Lipinski definition) is 0. The van der Waals surface area contributed by atoms with Crippen molar-refractivity contribution in [1.29, 1.82) is 0 Å². The highest BCUT2D eigenvalue weighted by Crippen LogP contribution is 2.39. The summed E-state index contributed by atoms with van der Waals surface area (Å²) in [6, 6.07) is 47.5. The van der Waals surface area contributed by atoms with Gasteiger partial charge in [0.15, 0.2) is 0 Å². The number of aromatic nitrogens is 4. The molecule has 0 radical (unpaired) electrons. The van der Waals surface area contributed by atoms with Crippen molar-refractivity contribution in [2.75, 3.05) is 0 Å². The summed E-state index contributed by atoms with van der Waals surface area (Å²) >= 11 is 0. The Morgan fingerprint density at radius 1 is 0.381 bits per heavy atom. The van der Waals surface area contributed by atoms with Crippen molar-refractivity contribution < 1.29 is 0 Å². The zero-order valence-electron chi connectivity index (χ0n) is 22.6. The van der Waals surface area contributed by atoms with E-state index in [1.165, 1.54) is 60.1 Å². The maximum absolute atomic E-state index is 4.80. The molecule has 4 heterocycles. The lowest BCUT2D eigenvalue weighted by Gasteiger charge is -2.10. The first-order valence-corrected chi connectivity index (χ1v) is 14.2. The highest BCUT2D eigenvalue weighted by atomic mass is 15.0. The van der Waals surface area contributed by atoms with Crippen molar-refractivity contribution in [1.82, 2.24) is 19.1 Å². The van der Waals surface area contributed by atoms with E-state index in [0.717, 1.165) is 17.1 Å². The van der Waals surface area contributed by atoms with Crippen LogP contribution in [0.2, 0.25) is 0 Å². The van der Waals surface area contributed by atoms with Crippen molar-refractivity contribution in [2.24, 2.45) is 0 Å². The second kappa shape index (κ2) is 8.88. The number of nitrogens with zero attached hydrogens (tertiary/aromatic N) is 4. The lowest BCUT2D eigenvalue weighted by molar-refractivity contribution is 1.14. The number of rotatable bonds is 3. The van der Waals surface area contributed by atoms with Gasteiger partial charge in [0.25, 0.3) is 0 Å². The third-order valence-corrected chi connectivity index (χ3v) is 8.37. The van der Waals surface area contributed by atoms with Gasteiger partial charge in [-0.05, 0) is 83.6 Å². The Kier molecular flexibility index (Phi) is 4.87. The number of benzene rings is 5. The molecule has 196 valence electrons. The molecule has 0 aliphatic heterocycles. The molecule has 0 atom stereocenters. The number of para-hydroxylation sites is 3. The molecule has 0 saturated heterocycles. The molecule has 0 fully saturated rings. The normalized spacial score (nSPS) is 11.8. The van der Waals surface area contributed by atoms with Crippen molar-refractivity contribution in [3.8, 4) is 22.8 Å². The van der Waals surface area contributed by atoms with Gasteiger partial charge in [-0.25, -0.2) is 0 Å². The standard InChI is InChI=1S/C38H24N4/c1-2-10-27(11-3-1)41-35-15-6-4-12-29(35)31-20-26-23-38-32(21-25(26)22-37(31)41)30-13-5-7-16-36(30)42(38)28-17-18-34(40-24-28)33-14-8-9-19-39-33/h1-24H. The smallest absolute Gasteiger partial charge is 0.0887 e. The lowest BCUT2D eigenvalue weighted by atomic mass is 10.0. The first-order chi connectivity index (χ1) is 20.8. The molecule has 0 unspecified atom stereocenters. The molecule has 0 aliphatic carbocycles. The topological polar surface area (TPSA) is 35.6 Å². The Hall–Kier alpha value is -5.74. The van der Waals surface area contributed by atoms with Crippen LogP contribution in [0.3, 0.4) is 0 Å². The van der Waals surface area contributed by atoms with Gasteiger partial charge in [-0.1, -0.05) is 60.7 Å². The minimum absolute atomic E-state index is 0.864. The fraction of sp³-hybridized carbons (Fsp3) is 0. The van der Waals surface area contributed by atoms with Gasteiger partial charge in [-0.2, -0.15) is 0 Å². The van der Waals surface area contributed by atoms with Crippen LogP contribution in [0.25, 0.3) is 77.1 Å². The van der Waals surface area contributed by atoms with Crippen LogP contribution in [0.1, 0.15) is 0 Å². The van der Waals surface area contributed by atoms with Crippen molar-refractivity contribution >= 4 is 54.4 Å². The van der Waals surface area contributed by atoms with E-state index in [9.17, 15) is 0 Å². The molecule has 0 N–H and O–H groups in total. The van der Waals surface area contributed by atoms with Crippen LogP contribution in [0.5, 0.6) is 0 Å². The summed E-state index contributed by atoms with van der Waals surface area (Å²) in [5, 5.41) is 7.41. The van der Waals surface area contributed by atoms with Crippen molar-refractivity contribution in [3.63, 3.8) is 0 Å². The molecule has 0 saturated carbocycles. The maximum atomic E-state index is 4.80. The summed E-state index contributed by atoms with van der Waals surface area (Å²) in [7, 11) is 0. The van der Waals surface area contributed by atoms with Gasteiger partial charge in [0.2, 0.25) is 0 Å². The highest BCUT2D eigenvalue weighted by molar-refractivity contribution is 6.18. The van der Waals surface area contributed by atoms with Crippen LogP contribution in [0.15, 0.2) is 146 Å². The van der Waals surface area contributed by atoms with E-state index in [1.807, 2.05) is 24.4 Å². The average molecular weight is 537 g/mol. The minimum atomic E-state index is 0.864. The molecule has 4 heteroatoms. The molecule has 0 amide bonds. The van der Waals surface area contributed by atoms with E-state index in [0.29, 0.717) is 0 Å². The maximum Gasteiger partial charge on any atom is 0.0887 e. The number of hydrogen-bond acceptors (Lipinski definition) is 2. The first-order valence-electron chi connectivity index (χ1n) is 14.2. The third-order valence-electron chi connectivity index (χ3n) is 8.37. The van der Waals surface area contributed by atoms with Crippen molar-refractivity contribution in [2.45, 2.75) is 0 Å².